The van der Waals surface area contributed by atoms with Gasteiger partial charge in [0.1, 0.15) is 0 Å². The smallest absolute Gasteiger partial charge is 0.0208 e. The van der Waals surface area contributed by atoms with Crippen LogP contribution in [0.15, 0.2) is 18.2 Å². The fourth-order valence-corrected chi connectivity index (χ4v) is 3.06. The normalized spacial score (nSPS) is 23.5. The van der Waals surface area contributed by atoms with Crippen molar-refractivity contribution in [2.45, 2.75) is 52.1 Å². The minimum Gasteiger partial charge on any atom is -0.317 e. The third-order valence-corrected chi connectivity index (χ3v) is 4.51. The fourth-order valence-electron chi connectivity index (χ4n) is 3.06. The molecule has 106 valence electrons. The SMILES string of the molecule is CNC1CCC(CNCc2cc(C)ccc2C)CC1. The van der Waals surface area contributed by atoms with Crippen molar-refractivity contribution in [2.75, 3.05) is 13.6 Å². The topological polar surface area (TPSA) is 24.1 Å². The van der Waals surface area contributed by atoms with Gasteiger partial charge >= 0.3 is 0 Å². The molecule has 19 heavy (non-hydrogen) atoms. The zero-order chi connectivity index (χ0) is 13.7. The molecule has 0 spiro atoms. The zero-order valence-electron chi connectivity index (χ0n) is 12.6. The molecular weight excluding hydrogens is 232 g/mol. The van der Waals surface area contributed by atoms with Gasteiger partial charge in [0.25, 0.3) is 0 Å². The highest BCUT2D eigenvalue weighted by Gasteiger charge is 2.19. The van der Waals surface area contributed by atoms with Gasteiger partial charge in [-0.05, 0) is 70.2 Å². The van der Waals surface area contributed by atoms with Gasteiger partial charge in [0.2, 0.25) is 0 Å². The Morgan fingerprint density at radius 1 is 1.11 bits per heavy atom. The molecule has 0 unspecified atom stereocenters. The second kappa shape index (κ2) is 7.06. The summed E-state index contributed by atoms with van der Waals surface area (Å²) in [7, 11) is 2.09. The van der Waals surface area contributed by atoms with Gasteiger partial charge in [-0.3, -0.25) is 0 Å². The summed E-state index contributed by atoms with van der Waals surface area (Å²) in [6, 6.07) is 7.48. The quantitative estimate of drug-likeness (QED) is 0.849. The minimum absolute atomic E-state index is 0.760. The summed E-state index contributed by atoms with van der Waals surface area (Å²) in [6.07, 6.45) is 5.41. The van der Waals surface area contributed by atoms with Crippen LogP contribution in [0.3, 0.4) is 0 Å². The second-order valence-electron chi connectivity index (χ2n) is 6.07. The Morgan fingerprint density at radius 3 is 2.53 bits per heavy atom. The van der Waals surface area contributed by atoms with Crippen LogP contribution < -0.4 is 10.6 Å². The summed E-state index contributed by atoms with van der Waals surface area (Å²) in [5.74, 6) is 0.870. The average Bonchev–Trinajstić information content (AvgIpc) is 2.43. The lowest BCUT2D eigenvalue weighted by Gasteiger charge is -2.28. The number of benzene rings is 1. The monoisotopic (exact) mass is 260 g/mol. The predicted molar refractivity (Wildman–Crippen MR) is 82.4 cm³/mol. The third kappa shape index (κ3) is 4.32. The molecule has 0 aliphatic heterocycles. The standard InChI is InChI=1S/C17H28N2/c1-13-4-5-14(2)16(10-13)12-19-11-15-6-8-17(18-3)9-7-15/h4-5,10,15,17-19H,6-9,11-12H2,1-3H3. The summed E-state index contributed by atoms with van der Waals surface area (Å²) in [5.41, 5.74) is 4.21. The Labute approximate surface area is 118 Å². The van der Waals surface area contributed by atoms with Crippen LogP contribution in [0.25, 0.3) is 0 Å². The molecule has 0 atom stereocenters. The van der Waals surface area contributed by atoms with Crippen LogP contribution in [0.1, 0.15) is 42.4 Å². The van der Waals surface area contributed by atoms with Crippen LogP contribution in [0.2, 0.25) is 0 Å². The first-order valence-corrected chi connectivity index (χ1v) is 7.63. The fraction of sp³-hybridized carbons (Fsp3) is 0.647. The van der Waals surface area contributed by atoms with E-state index >= 15 is 0 Å². The first-order chi connectivity index (χ1) is 9.19. The number of hydrogen-bond acceptors (Lipinski definition) is 2. The highest BCUT2D eigenvalue weighted by Crippen LogP contribution is 2.23. The summed E-state index contributed by atoms with van der Waals surface area (Å²) in [4.78, 5) is 0. The molecule has 0 amide bonds. The lowest BCUT2D eigenvalue weighted by atomic mass is 9.86. The van der Waals surface area contributed by atoms with E-state index in [9.17, 15) is 0 Å². The Kier molecular flexibility index (Phi) is 5.41. The zero-order valence-corrected chi connectivity index (χ0v) is 12.6. The summed E-state index contributed by atoms with van der Waals surface area (Å²) in [5, 5.41) is 7.05. The van der Waals surface area contributed by atoms with Gasteiger partial charge in [0, 0.05) is 12.6 Å². The van der Waals surface area contributed by atoms with E-state index < -0.39 is 0 Å². The average molecular weight is 260 g/mol. The largest absolute Gasteiger partial charge is 0.317 e. The maximum absolute atomic E-state index is 3.65. The summed E-state index contributed by atoms with van der Waals surface area (Å²) >= 11 is 0. The van der Waals surface area contributed by atoms with Crippen LogP contribution >= 0.6 is 0 Å². The summed E-state index contributed by atoms with van der Waals surface area (Å²) < 4.78 is 0. The Hall–Kier alpha value is -0.860. The molecule has 2 N–H and O–H groups in total. The third-order valence-electron chi connectivity index (χ3n) is 4.51. The first-order valence-electron chi connectivity index (χ1n) is 7.63. The van der Waals surface area contributed by atoms with Crippen LogP contribution in [0.4, 0.5) is 0 Å². The van der Waals surface area contributed by atoms with Crippen molar-refractivity contribution in [1.29, 1.82) is 0 Å². The molecule has 2 rings (SSSR count). The van der Waals surface area contributed by atoms with Crippen molar-refractivity contribution >= 4 is 0 Å². The van der Waals surface area contributed by atoms with Crippen molar-refractivity contribution in [2.24, 2.45) is 5.92 Å². The van der Waals surface area contributed by atoms with Gasteiger partial charge in [-0.15, -0.1) is 0 Å². The Balaban J connectivity index is 1.73. The molecular formula is C17H28N2. The molecule has 0 bridgehead atoms. The molecule has 1 aliphatic rings. The van der Waals surface area contributed by atoms with Crippen LogP contribution in [0.5, 0.6) is 0 Å². The molecule has 2 nitrogen and oxygen atoms in total. The molecule has 1 aromatic rings. The van der Waals surface area contributed by atoms with Crippen LogP contribution in [0, 0.1) is 19.8 Å². The van der Waals surface area contributed by atoms with E-state index in [-0.39, 0.29) is 0 Å². The maximum Gasteiger partial charge on any atom is 0.0208 e. The van der Waals surface area contributed by atoms with Gasteiger partial charge in [-0.25, -0.2) is 0 Å². The van der Waals surface area contributed by atoms with Crippen molar-refractivity contribution in [3.63, 3.8) is 0 Å². The molecule has 1 saturated carbocycles. The number of nitrogens with one attached hydrogen (secondary N) is 2. The Bertz CT molecular complexity index is 392. The van der Waals surface area contributed by atoms with E-state index in [1.54, 1.807) is 0 Å². The van der Waals surface area contributed by atoms with E-state index in [2.05, 4.69) is 49.7 Å². The van der Waals surface area contributed by atoms with Crippen LogP contribution in [-0.4, -0.2) is 19.6 Å². The number of rotatable bonds is 5. The highest BCUT2D eigenvalue weighted by molar-refractivity contribution is 5.30. The van der Waals surface area contributed by atoms with E-state index in [4.69, 9.17) is 0 Å². The van der Waals surface area contributed by atoms with Gasteiger partial charge < -0.3 is 10.6 Å². The Morgan fingerprint density at radius 2 is 1.84 bits per heavy atom. The van der Waals surface area contributed by atoms with Crippen molar-refractivity contribution in [3.8, 4) is 0 Å². The second-order valence-corrected chi connectivity index (χ2v) is 6.07. The predicted octanol–water partition coefficient (Wildman–Crippen LogP) is 3.17. The molecule has 0 saturated heterocycles. The van der Waals surface area contributed by atoms with Gasteiger partial charge in [0.15, 0.2) is 0 Å². The summed E-state index contributed by atoms with van der Waals surface area (Å²) in [6.45, 7) is 6.56. The van der Waals surface area contributed by atoms with Crippen LogP contribution in [-0.2, 0) is 6.54 Å². The van der Waals surface area contributed by atoms with E-state index in [0.717, 1.165) is 18.5 Å². The molecule has 0 aromatic heterocycles. The molecule has 0 radical (unpaired) electrons. The highest BCUT2D eigenvalue weighted by atomic mass is 14.9. The van der Waals surface area contributed by atoms with Gasteiger partial charge in [0.05, 0.1) is 0 Å². The van der Waals surface area contributed by atoms with Gasteiger partial charge in [-0.1, -0.05) is 23.8 Å². The van der Waals surface area contributed by atoms with E-state index in [1.807, 2.05) is 0 Å². The molecule has 1 fully saturated rings. The van der Waals surface area contributed by atoms with Crippen molar-refractivity contribution < 1.29 is 0 Å². The van der Waals surface area contributed by atoms with E-state index in [0.29, 0.717) is 0 Å². The first kappa shape index (κ1) is 14.5. The lowest BCUT2D eigenvalue weighted by Crippen LogP contribution is -2.33. The maximum atomic E-state index is 3.65. The number of hydrogen-bond donors (Lipinski definition) is 2. The number of aryl methyl sites for hydroxylation is 2. The molecule has 0 heterocycles. The van der Waals surface area contributed by atoms with Crippen molar-refractivity contribution in [3.05, 3.63) is 34.9 Å². The molecule has 1 aromatic carbocycles. The molecule has 1 aliphatic carbocycles. The van der Waals surface area contributed by atoms with E-state index in [1.165, 1.54) is 48.9 Å². The van der Waals surface area contributed by atoms with Crippen molar-refractivity contribution in [1.82, 2.24) is 10.6 Å². The molecule has 2 heteroatoms. The lowest BCUT2D eigenvalue weighted by molar-refractivity contribution is 0.292. The minimum atomic E-state index is 0.760. The van der Waals surface area contributed by atoms with Gasteiger partial charge in [-0.2, -0.15) is 0 Å².